The van der Waals surface area contributed by atoms with Gasteiger partial charge in [-0.1, -0.05) is 62.9 Å². The van der Waals surface area contributed by atoms with Crippen molar-refractivity contribution < 1.29 is 37.8 Å². The van der Waals surface area contributed by atoms with E-state index in [-0.39, 0.29) is 37.0 Å². The van der Waals surface area contributed by atoms with E-state index in [9.17, 15) is 24.3 Å². The molecule has 10 atom stereocenters. The molecule has 0 heterocycles. The lowest BCUT2D eigenvalue weighted by Crippen LogP contribution is -2.70. The lowest BCUT2D eigenvalue weighted by Gasteiger charge is -2.63. The van der Waals surface area contributed by atoms with Crippen molar-refractivity contribution in [3.63, 3.8) is 0 Å². The molecule has 230 valence electrons. The average molecular weight is 613 g/mol. The number of rotatable bonds is 4. The van der Waals surface area contributed by atoms with Crippen LogP contribution in [0.4, 0.5) is 8.78 Å². The van der Waals surface area contributed by atoms with Crippen LogP contribution in [-0.2, 0) is 25.5 Å². The standard InChI is InChI=1S/C34H38F2O6S/c1-5-28(39)42-34(30(41)43-26-11-10-19-8-6-7-9-21(19)29(26)40)18(2)14-22-23-16-25(35)24-15-20(37)12-13-31(24,3)33(23,36)27(38)17-32(22,34)4/h6-9,12-13,15,18,22-23,25-27,38H,5,10-11,14,16-17H2,1-4H3/t18-,22?,23?,25+,26?,27+,31+,32+,33+,34+/m1/s1. The number of hydrogen-bond acceptors (Lipinski definition) is 7. The molecule has 0 aromatic heterocycles. The Morgan fingerprint density at radius 3 is 2.58 bits per heavy atom. The number of carbonyl (C=O) groups is 4. The van der Waals surface area contributed by atoms with Gasteiger partial charge < -0.3 is 9.84 Å². The third-order valence-electron chi connectivity index (χ3n) is 11.5. The van der Waals surface area contributed by atoms with Crippen molar-refractivity contribution >= 4 is 34.4 Å². The third kappa shape index (κ3) is 3.99. The van der Waals surface area contributed by atoms with Crippen LogP contribution in [-0.4, -0.2) is 56.6 Å². The Bertz CT molecular complexity index is 1470. The van der Waals surface area contributed by atoms with Gasteiger partial charge in [0.2, 0.25) is 5.12 Å². The zero-order valence-electron chi connectivity index (χ0n) is 24.9. The van der Waals surface area contributed by atoms with Gasteiger partial charge in [-0.15, -0.1) is 0 Å². The molecule has 3 unspecified atom stereocenters. The van der Waals surface area contributed by atoms with Crippen LogP contribution in [0.1, 0.15) is 75.7 Å². The normalized spacial score (nSPS) is 43.2. The Morgan fingerprint density at radius 2 is 1.86 bits per heavy atom. The second-order valence-electron chi connectivity index (χ2n) is 13.5. The minimum absolute atomic E-state index is 0.000465. The van der Waals surface area contributed by atoms with Crippen LogP contribution in [0.2, 0.25) is 0 Å². The Hall–Kier alpha value is -2.65. The molecule has 0 radical (unpaired) electrons. The van der Waals surface area contributed by atoms with Gasteiger partial charge in [-0.25, -0.2) is 8.78 Å². The maximum absolute atomic E-state index is 17.7. The average Bonchev–Trinajstić information content (AvgIpc) is 3.19. The molecule has 1 N–H and O–H groups in total. The molecule has 0 amide bonds. The number of halogens is 2. The molecule has 9 heteroatoms. The zero-order valence-corrected chi connectivity index (χ0v) is 25.7. The molecule has 5 aliphatic rings. The van der Waals surface area contributed by atoms with Crippen molar-refractivity contribution in [2.45, 2.75) is 95.0 Å². The van der Waals surface area contributed by atoms with Crippen molar-refractivity contribution in [2.24, 2.45) is 28.6 Å². The van der Waals surface area contributed by atoms with Gasteiger partial charge in [-0.2, -0.15) is 0 Å². The van der Waals surface area contributed by atoms with E-state index in [4.69, 9.17) is 4.74 Å². The summed E-state index contributed by atoms with van der Waals surface area (Å²) in [6, 6.07) is 7.31. The first-order valence-corrected chi connectivity index (χ1v) is 16.1. The van der Waals surface area contributed by atoms with E-state index in [1.165, 1.54) is 19.1 Å². The molecule has 0 spiro atoms. The molecule has 0 saturated heterocycles. The lowest BCUT2D eigenvalue weighted by molar-refractivity contribution is -0.228. The summed E-state index contributed by atoms with van der Waals surface area (Å²) in [5.41, 5.74) is -5.33. The van der Waals surface area contributed by atoms with Gasteiger partial charge in [0.05, 0.1) is 11.4 Å². The van der Waals surface area contributed by atoms with E-state index in [0.29, 0.717) is 18.4 Å². The third-order valence-corrected chi connectivity index (χ3v) is 12.8. The maximum Gasteiger partial charge on any atom is 0.306 e. The van der Waals surface area contributed by atoms with Crippen molar-refractivity contribution in [1.29, 1.82) is 0 Å². The predicted molar refractivity (Wildman–Crippen MR) is 158 cm³/mol. The summed E-state index contributed by atoms with van der Waals surface area (Å²) in [7, 11) is 0. The monoisotopic (exact) mass is 612 g/mol. The zero-order chi connectivity index (χ0) is 31.1. The highest BCUT2D eigenvalue weighted by molar-refractivity contribution is 8.15. The van der Waals surface area contributed by atoms with Gasteiger partial charge in [0.1, 0.15) is 6.17 Å². The first-order chi connectivity index (χ1) is 20.2. The van der Waals surface area contributed by atoms with Gasteiger partial charge in [0, 0.05) is 34.7 Å². The number of esters is 1. The van der Waals surface area contributed by atoms with Crippen LogP contribution in [0.5, 0.6) is 0 Å². The molecule has 0 bridgehead atoms. The largest absolute Gasteiger partial charge is 0.449 e. The molecule has 43 heavy (non-hydrogen) atoms. The van der Waals surface area contributed by atoms with Gasteiger partial charge in [-0.05, 0) is 68.2 Å². The summed E-state index contributed by atoms with van der Waals surface area (Å²) in [4.78, 5) is 53.2. The van der Waals surface area contributed by atoms with Gasteiger partial charge in [-0.3, -0.25) is 19.2 Å². The molecule has 3 saturated carbocycles. The number of fused-ring (bicyclic) bond motifs is 6. The maximum atomic E-state index is 17.7. The van der Waals surface area contributed by atoms with Crippen molar-refractivity contribution in [2.75, 3.05) is 0 Å². The number of aryl methyl sites for hydroxylation is 1. The second-order valence-corrected chi connectivity index (χ2v) is 14.7. The number of alkyl halides is 2. The minimum Gasteiger partial charge on any atom is -0.449 e. The van der Waals surface area contributed by atoms with Crippen molar-refractivity contribution in [3.8, 4) is 0 Å². The quantitative estimate of drug-likeness (QED) is 0.436. The summed E-state index contributed by atoms with van der Waals surface area (Å²) in [5.74, 6) is -3.39. The van der Waals surface area contributed by atoms with E-state index in [1.54, 1.807) is 32.9 Å². The first kappa shape index (κ1) is 30.4. The molecule has 6 nitrogen and oxygen atoms in total. The van der Waals surface area contributed by atoms with Gasteiger partial charge in [0.25, 0.3) is 0 Å². The Labute approximate surface area is 254 Å². The molecule has 0 aliphatic heterocycles. The summed E-state index contributed by atoms with van der Waals surface area (Å²) in [6.45, 7) is 6.70. The molecule has 5 aliphatic carbocycles. The smallest absolute Gasteiger partial charge is 0.306 e. The summed E-state index contributed by atoms with van der Waals surface area (Å²) in [5, 5.41) is 10.6. The SMILES string of the molecule is CCC(=O)O[C@]1(C(=O)SC2CCc3ccccc3C2=O)[C@H](C)CC2C3C[C@H](F)C4=CC(=O)C=C[C@]4(C)[C@@]3(F)[C@@H](O)C[C@@]21C. The topological polar surface area (TPSA) is 97.7 Å². The fraction of sp³-hybridized carbons (Fsp3) is 0.588. The molecular formula is C34H38F2O6S. The van der Waals surface area contributed by atoms with Crippen LogP contribution in [0.3, 0.4) is 0 Å². The Morgan fingerprint density at radius 1 is 1.14 bits per heavy atom. The van der Waals surface area contributed by atoms with Crippen molar-refractivity contribution in [1.82, 2.24) is 0 Å². The molecule has 1 aromatic carbocycles. The fourth-order valence-electron chi connectivity index (χ4n) is 9.37. The number of ether oxygens (including phenoxy) is 1. The lowest BCUT2D eigenvalue weighted by atomic mass is 9.44. The number of thioether (sulfide) groups is 1. The molecule has 3 fully saturated rings. The van der Waals surface area contributed by atoms with E-state index in [0.717, 1.165) is 23.4 Å². The molecular weight excluding hydrogens is 574 g/mol. The van der Waals surface area contributed by atoms with Gasteiger partial charge >= 0.3 is 5.97 Å². The molecule has 6 rings (SSSR count). The van der Waals surface area contributed by atoms with Crippen LogP contribution < -0.4 is 0 Å². The van der Waals surface area contributed by atoms with Gasteiger partial charge in [0.15, 0.2) is 22.8 Å². The van der Waals surface area contributed by atoms with Crippen molar-refractivity contribution in [3.05, 3.63) is 59.2 Å². The number of hydrogen-bond donors (Lipinski definition) is 1. The summed E-state index contributed by atoms with van der Waals surface area (Å²) in [6.07, 6.45) is 1.37. The van der Waals surface area contributed by atoms with E-state index >= 15 is 8.78 Å². The second kappa shape index (κ2) is 10.2. The number of carbonyl (C=O) groups excluding carboxylic acids is 4. The first-order valence-electron chi connectivity index (χ1n) is 15.3. The Kier molecular flexibility index (Phi) is 7.20. The highest BCUT2D eigenvalue weighted by Gasteiger charge is 2.78. The van der Waals surface area contributed by atoms with E-state index < -0.39 is 74.2 Å². The number of benzene rings is 1. The molecule has 1 aromatic rings. The van der Waals surface area contributed by atoms with Crippen LogP contribution in [0.25, 0.3) is 0 Å². The van der Waals surface area contributed by atoms with E-state index in [2.05, 4.69) is 0 Å². The van der Waals surface area contributed by atoms with E-state index in [1.807, 2.05) is 12.1 Å². The number of allylic oxidation sites excluding steroid dienone is 4. The summed E-state index contributed by atoms with van der Waals surface area (Å²) >= 11 is 0.874. The number of aliphatic hydroxyl groups is 1. The fourth-order valence-corrected chi connectivity index (χ4v) is 10.7. The number of aliphatic hydroxyl groups excluding tert-OH is 1. The Balaban J connectivity index is 1.41. The predicted octanol–water partition coefficient (Wildman–Crippen LogP) is 5.70. The van der Waals surface area contributed by atoms with Crippen LogP contribution in [0.15, 0.2) is 48.1 Å². The summed E-state index contributed by atoms with van der Waals surface area (Å²) < 4.78 is 39.7. The number of Topliss-reactive ketones (excluding diaryl/α,β-unsaturated/α-hetero) is 1. The highest BCUT2D eigenvalue weighted by atomic mass is 32.2. The van der Waals surface area contributed by atoms with Crippen LogP contribution in [0, 0.1) is 28.6 Å². The highest BCUT2D eigenvalue weighted by Crippen LogP contribution is 2.72. The number of ketones is 2. The minimum atomic E-state index is -2.31. The van der Waals surface area contributed by atoms with Crippen LogP contribution >= 0.6 is 11.8 Å².